The van der Waals surface area contributed by atoms with Crippen molar-refractivity contribution < 1.29 is 9.13 Å². The van der Waals surface area contributed by atoms with Gasteiger partial charge < -0.3 is 10.1 Å². The maximum Gasteiger partial charge on any atom is 0.126 e. The minimum absolute atomic E-state index is 0.0695. The predicted molar refractivity (Wildman–Crippen MR) is 111 cm³/mol. The lowest BCUT2D eigenvalue weighted by atomic mass is 9.75. The molecule has 3 heteroatoms. The highest BCUT2D eigenvalue weighted by Gasteiger charge is 2.34. The fraction of sp³-hybridized carbons (Fsp3) is 0.750. The van der Waals surface area contributed by atoms with Crippen molar-refractivity contribution in [3.63, 3.8) is 0 Å². The van der Waals surface area contributed by atoms with Crippen molar-refractivity contribution in [3.05, 3.63) is 35.1 Å². The van der Waals surface area contributed by atoms with Gasteiger partial charge in [0, 0.05) is 6.61 Å². The second-order valence-electron chi connectivity index (χ2n) is 9.47. The van der Waals surface area contributed by atoms with Gasteiger partial charge in [-0.1, -0.05) is 31.4 Å². The van der Waals surface area contributed by atoms with Crippen molar-refractivity contribution in [1.29, 1.82) is 0 Å². The molecule has 2 atom stereocenters. The van der Waals surface area contributed by atoms with Crippen molar-refractivity contribution in [2.45, 2.75) is 83.7 Å². The molecule has 1 saturated heterocycles. The summed E-state index contributed by atoms with van der Waals surface area (Å²) in [6.07, 6.45) is 10.2. The monoisotopic (exact) mass is 375 g/mol. The van der Waals surface area contributed by atoms with E-state index >= 15 is 0 Å². The molecular formula is C24H38FNO. The van der Waals surface area contributed by atoms with Crippen molar-refractivity contribution in [2.24, 2.45) is 11.8 Å². The van der Waals surface area contributed by atoms with Crippen LogP contribution in [0.2, 0.25) is 0 Å². The predicted octanol–water partition coefficient (Wildman–Crippen LogP) is 5.98. The highest BCUT2D eigenvalue weighted by molar-refractivity contribution is 5.27. The van der Waals surface area contributed by atoms with Gasteiger partial charge in [-0.2, -0.15) is 0 Å². The lowest BCUT2D eigenvalue weighted by molar-refractivity contribution is -0.0772. The van der Waals surface area contributed by atoms with Crippen LogP contribution in [0.5, 0.6) is 0 Å². The van der Waals surface area contributed by atoms with E-state index in [-0.39, 0.29) is 11.4 Å². The van der Waals surface area contributed by atoms with E-state index in [1.54, 1.807) is 6.07 Å². The van der Waals surface area contributed by atoms with Gasteiger partial charge >= 0.3 is 0 Å². The average molecular weight is 376 g/mol. The molecule has 0 radical (unpaired) electrons. The van der Waals surface area contributed by atoms with Crippen LogP contribution in [0.1, 0.15) is 82.3 Å². The molecule has 1 aromatic rings. The van der Waals surface area contributed by atoms with Gasteiger partial charge in [0.05, 0.1) is 5.60 Å². The van der Waals surface area contributed by atoms with Crippen molar-refractivity contribution in [3.8, 4) is 0 Å². The van der Waals surface area contributed by atoms with Gasteiger partial charge in [0.2, 0.25) is 0 Å². The van der Waals surface area contributed by atoms with Crippen LogP contribution >= 0.6 is 0 Å². The Kier molecular flexibility index (Phi) is 7.33. The first-order valence-electron chi connectivity index (χ1n) is 11.1. The number of nitrogens with one attached hydrogen (secondary N) is 1. The molecule has 0 bridgehead atoms. The summed E-state index contributed by atoms with van der Waals surface area (Å²) in [5, 5.41) is 3.72. The summed E-state index contributed by atoms with van der Waals surface area (Å²) < 4.78 is 20.2. The number of rotatable bonds is 7. The van der Waals surface area contributed by atoms with E-state index in [0.717, 1.165) is 50.4 Å². The molecule has 1 aliphatic heterocycles. The van der Waals surface area contributed by atoms with Crippen LogP contribution < -0.4 is 5.32 Å². The summed E-state index contributed by atoms with van der Waals surface area (Å²) in [5.74, 6) is 1.75. The third kappa shape index (κ3) is 6.02. The van der Waals surface area contributed by atoms with Crippen LogP contribution in [0.25, 0.3) is 0 Å². The Hall–Kier alpha value is -0.930. The van der Waals surface area contributed by atoms with Crippen LogP contribution in [0, 0.1) is 24.6 Å². The highest BCUT2D eigenvalue weighted by Crippen LogP contribution is 2.40. The summed E-state index contributed by atoms with van der Waals surface area (Å²) in [6, 6.07) is 5.87. The van der Waals surface area contributed by atoms with Crippen LogP contribution in [0.3, 0.4) is 0 Å². The molecule has 27 heavy (non-hydrogen) atoms. The molecule has 152 valence electrons. The molecule has 2 aliphatic rings. The van der Waals surface area contributed by atoms with E-state index in [2.05, 4.69) is 25.2 Å². The smallest absolute Gasteiger partial charge is 0.126 e. The van der Waals surface area contributed by atoms with Gasteiger partial charge in [0.25, 0.3) is 0 Å². The Labute approximate surface area is 165 Å². The zero-order chi connectivity index (χ0) is 19.3. The Morgan fingerprint density at radius 2 is 1.96 bits per heavy atom. The first-order valence-corrected chi connectivity index (χ1v) is 11.1. The molecular weight excluding hydrogens is 337 g/mol. The number of halogens is 1. The molecule has 0 unspecified atom stereocenters. The standard InChI is InChI=1S/C24H38FNO/c1-18-9-10-20(15-23(18)25)22(21-12-14-27-24(2,3)16-21)11-13-26-17-19-7-5-4-6-8-19/h9-10,15,19,21-22,26H,4-8,11-14,16-17H2,1-3H3/t21-,22-/m1/s1. The molecule has 0 amide bonds. The van der Waals surface area contributed by atoms with Crippen LogP contribution in [0.15, 0.2) is 18.2 Å². The second kappa shape index (κ2) is 9.52. The fourth-order valence-corrected chi connectivity index (χ4v) is 5.09. The summed E-state index contributed by atoms with van der Waals surface area (Å²) in [7, 11) is 0. The Morgan fingerprint density at radius 1 is 1.19 bits per heavy atom. The Balaban J connectivity index is 1.62. The van der Waals surface area contributed by atoms with Gasteiger partial charge in [-0.3, -0.25) is 0 Å². The third-order valence-corrected chi connectivity index (χ3v) is 6.72. The normalized spacial score (nSPS) is 24.7. The first-order chi connectivity index (χ1) is 12.9. The SMILES string of the molecule is Cc1ccc([C@@H](CCNCC2CCCCC2)[C@@H]2CCOC(C)(C)C2)cc1F. The zero-order valence-corrected chi connectivity index (χ0v) is 17.5. The molecule has 3 rings (SSSR count). The van der Waals surface area contributed by atoms with Gasteiger partial charge in [-0.15, -0.1) is 0 Å². The summed E-state index contributed by atoms with van der Waals surface area (Å²) in [6.45, 7) is 9.21. The number of ether oxygens (including phenoxy) is 1. The minimum atomic E-state index is -0.0704. The summed E-state index contributed by atoms with van der Waals surface area (Å²) in [4.78, 5) is 0. The van der Waals surface area contributed by atoms with Gasteiger partial charge in [-0.05, 0) is 101 Å². The molecule has 1 saturated carbocycles. The number of aryl methyl sites for hydroxylation is 1. The van der Waals surface area contributed by atoms with Gasteiger partial charge in [0.15, 0.2) is 0 Å². The van der Waals surface area contributed by atoms with E-state index in [4.69, 9.17) is 4.74 Å². The number of hydrogen-bond acceptors (Lipinski definition) is 2. The molecule has 2 fully saturated rings. The quantitative estimate of drug-likeness (QED) is 0.592. The lowest BCUT2D eigenvalue weighted by Crippen LogP contribution is -2.37. The highest BCUT2D eigenvalue weighted by atomic mass is 19.1. The summed E-state index contributed by atoms with van der Waals surface area (Å²) >= 11 is 0. The van der Waals surface area contributed by atoms with Crippen molar-refractivity contribution >= 4 is 0 Å². The van der Waals surface area contributed by atoms with E-state index in [0.29, 0.717) is 11.8 Å². The van der Waals surface area contributed by atoms with E-state index in [9.17, 15) is 4.39 Å². The Morgan fingerprint density at radius 3 is 2.67 bits per heavy atom. The average Bonchev–Trinajstić information content (AvgIpc) is 2.64. The zero-order valence-electron chi connectivity index (χ0n) is 17.5. The topological polar surface area (TPSA) is 21.3 Å². The van der Waals surface area contributed by atoms with Crippen LogP contribution in [-0.4, -0.2) is 25.3 Å². The second-order valence-corrected chi connectivity index (χ2v) is 9.47. The third-order valence-electron chi connectivity index (χ3n) is 6.72. The number of hydrogen-bond donors (Lipinski definition) is 1. The molecule has 0 spiro atoms. The van der Waals surface area contributed by atoms with Crippen molar-refractivity contribution in [2.75, 3.05) is 19.7 Å². The minimum Gasteiger partial charge on any atom is -0.376 e. The molecule has 0 aromatic heterocycles. The molecule has 1 aliphatic carbocycles. The fourth-order valence-electron chi connectivity index (χ4n) is 5.09. The van der Waals surface area contributed by atoms with E-state index in [1.807, 2.05) is 13.0 Å². The maximum atomic E-state index is 14.2. The number of benzene rings is 1. The first kappa shape index (κ1) is 20.8. The summed E-state index contributed by atoms with van der Waals surface area (Å²) in [5.41, 5.74) is 1.83. The Bertz CT molecular complexity index is 594. The molecule has 1 aromatic carbocycles. The molecule has 1 N–H and O–H groups in total. The van der Waals surface area contributed by atoms with Crippen molar-refractivity contribution in [1.82, 2.24) is 5.32 Å². The molecule has 2 nitrogen and oxygen atoms in total. The lowest BCUT2D eigenvalue weighted by Gasteiger charge is -2.39. The van der Waals surface area contributed by atoms with E-state index in [1.165, 1.54) is 37.7 Å². The van der Waals surface area contributed by atoms with Crippen LogP contribution in [0.4, 0.5) is 4.39 Å². The maximum absolute atomic E-state index is 14.2. The molecule has 1 heterocycles. The van der Waals surface area contributed by atoms with Crippen LogP contribution in [-0.2, 0) is 4.74 Å². The largest absolute Gasteiger partial charge is 0.376 e. The van der Waals surface area contributed by atoms with Gasteiger partial charge in [0.1, 0.15) is 5.82 Å². The van der Waals surface area contributed by atoms with Gasteiger partial charge in [-0.25, -0.2) is 4.39 Å². The van der Waals surface area contributed by atoms with E-state index < -0.39 is 0 Å².